The lowest BCUT2D eigenvalue weighted by molar-refractivity contribution is -0.122. The first-order valence-corrected chi connectivity index (χ1v) is 11.3. The molecule has 0 unspecified atom stereocenters. The predicted molar refractivity (Wildman–Crippen MR) is 106 cm³/mol. The first kappa shape index (κ1) is 17.1. The van der Waals surface area contributed by atoms with Crippen molar-refractivity contribution in [2.45, 2.75) is 43.1 Å². The smallest absolute Gasteiger partial charge is 0.227 e. The van der Waals surface area contributed by atoms with Gasteiger partial charge < -0.3 is 5.32 Å². The van der Waals surface area contributed by atoms with Crippen molar-refractivity contribution in [3.05, 3.63) is 28.8 Å². The summed E-state index contributed by atoms with van der Waals surface area (Å²) in [6.45, 7) is 1.98. The van der Waals surface area contributed by atoms with Gasteiger partial charge in [-0.1, -0.05) is 24.1 Å². The molecule has 1 aromatic carbocycles. The summed E-state index contributed by atoms with van der Waals surface area (Å²) in [5.41, 5.74) is 1.87. The molecule has 2 saturated carbocycles. The van der Waals surface area contributed by atoms with Crippen molar-refractivity contribution in [3.8, 4) is 0 Å². The molecule has 2 bridgehead atoms. The zero-order chi connectivity index (χ0) is 16.7. The number of amides is 1. The van der Waals surface area contributed by atoms with Gasteiger partial charge in [0.1, 0.15) is 0 Å². The lowest BCUT2D eigenvalue weighted by Gasteiger charge is -2.52. The lowest BCUT2D eigenvalue weighted by atomic mass is 9.67. The molecule has 1 aliphatic heterocycles. The van der Waals surface area contributed by atoms with Crippen molar-refractivity contribution in [3.63, 3.8) is 0 Å². The van der Waals surface area contributed by atoms with Crippen LogP contribution in [0.25, 0.3) is 0 Å². The molecule has 3 aliphatic rings. The SMILES string of the molecule is Cc1ccc(NC(=O)C2C[C@H]3CCC[C@H](C2)C32SCCS2)cc1Cl. The standard InChI is InChI=1S/C19H24ClNOS2/c1-12-5-6-16(11-17(12)20)21-18(22)13-9-14-3-2-4-15(10-13)19(14)23-7-8-24-19/h5-6,11,13-15H,2-4,7-10H2,1H3,(H,21,22)/t14-,15-/m1/s1. The summed E-state index contributed by atoms with van der Waals surface area (Å²) in [6.07, 6.45) is 6.07. The van der Waals surface area contributed by atoms with Crippen molar-refractivity contribution in [1.29, 1.82) is 0 Å². The summed E-state index contributed by atoms with van der Waals surface area (Å²) in [5.74, 6) is 4.34. The first-order chi connectivity index (χ1) is 11.6. The maximum atomic E-state index is 12.8. The van der Waals surface area contributed by atoms with Crippen LogP contribution in [0.1, 0.15) is 37.7 Å². The highest BCUT2D eigenvalue weighted by Crippen LogP contribution is 2.64. The number of anilines is 1. The molecule has 1 spiro atoms. The number of hydrogen-bond acceptors (Lipinski definition) is 3. The van der Waals surface area contributed by atoms with E-state index in [0.29, 0.717) is 20.9 Å². The largest absolute Gasteiger partial charge is 0.326 e. The predicted octanol–water partition coefficient (Wildman–Crippen LogP) is 5.59. The van der Waals surface area contributed by atoms with Crippen LogP contribution in [0, 0.1) is 24.7 Å². The molecular weight excluding hydrogens is 358 g/mol. The van der Waals surface area contributed by atoms with E-state index in [2.05, 4.69) is 28.8 Å². The highest BCUT2D eigenvalue weighted by molar-refractivity contribution is 8.21. The molecule has 1 heterocycles. The van der Waals surface area contributed by atoms with E-state index >= 15 is 0 Å². The average molecular weight is 382 g/mol. The zero-order valence-electron chi connectivity index (χ0n) is 14.0. The van der Waals surface area contributed by atoms with Crippen LogP contribution in [0.3, 0.4) is 0 Å². The first-order valence-electron chi connectivity index (χ1n) is 8.93. The lowest BCUT2D eigenvalue weighted by Crippen LogP contribution is -2.48. The zero-order valence-corrected chi connectivity index (χ0v) is 16.4. The van der Waals surface area contributed by atoms with Crippen molar-refractivity contribution >= 4 is 46.7 Å². The van der Waals surface area contributed by atoms with Crippen molar-refractivity contribution < 1.29 is 4.79 Å². The molecule has 1 aromatic rings. The fourth-order valence-electron chi connectivity index (χ4n) is 4.74. The van der Waals surface area contributed by atoms with Gasteiger partial charge in [-0.15, -0.1) is 23.5 Å². The van der Waals surface area contributed by atoms with Crippen LogP contribution in [0.4, 0.5) is 5.69 Å². The van der Waals surface area contributed by atoms with Crippen LogP contribution >= 0.6 is 35.1 Å². The summed E-state index contributed by atoms with van der Waals surface area (Å²) >= 11 is 10.6. The van der Waals surface area contributed by atoms with E-state index in [4.69, 9.17) is 11.6 Å². The number of hydrogen-bond donors (Lipinski definition) is 1. The molecule has 2 aliphatic carbocycles. The fourth-order valence-corrected chi connectivity index (χ4v) is 8.86. The Morgan fingerprint density at radius 3 is 2.50 bits per heavy atom. The van der Waals surface area contributed by atoms with E-state index in [1.54, 1.807) is 0 Å². The highest BCUT2D eigenvalue weighted by atomic mass is 35.5. The monoisotopic (exact) mass is 381 g/mol. The third-order valence-corrected chi connectivity index (χ3v) is 10.4. The van der Waals surface area contributed by atoms with Gasteiger partial charge in [-0.05, 0) is 62.1 Å². The van der Waals surface area contributed by atoms with Crippen LogP contribution in [0.2, 0.25) is 5.02 Å². The number of benzene rings is 1. The number of carbonyl (C=O) groups excluding carboxylic acids is 1. The van der Waals surface area contributed by atoms with Gasteiger partial charge in [-0.2, -0.15) is 0 Å². The molecule has 2 atom stereocenters. The molecule has 0 radical (unpaired) electrons. The third-order valence-electron chi connectivity index (χ3n) is 5.93. The minimum Gasteiger partial charge on any atom is -0.326 e. The van der Waals surface area contributed by atoms with Crippen LogP contribution in [0.15, 0.2) is 18.2 Å². The van der Waals surface area contributed by atoms with Gasteiger partial charge in [0.25, 0.3) is 0 Å². The van der Waals surface area contributed by atoms with Gasteiger partial charge in [0, 0.05) is 28.1 Å². The second-order valence-corrected chi connectivity index (χ2v) is 10.8. The maximum absolute atomic E-state index is 12.8. The Bertz CT molecular complexity index is 628. The van der Waals surface area contributed by atoms with Gasteiger partial charge in [-0.25, -0.2) is 0 Å². The Balaban J connectivity index is 1.47. The Kier molecular flexibility index (Phi) is 4.83. The Morgan fingerprint density at radius 2 is 1.88 bits per heavy atom. The summed E-state index contributed by atoms with van der Waals surface area (Å²) < 4.78 is 0.433. The van der Waals surface area contributed by atoms with Crippen LogP contribution in [-0.2, 0) is 4.79 Å². The summed E-state index contributed by atoms with van der Waals surface area (Å²) in [5, 5.41) is 3.82. The molecule has 3 fully saturated rings. The maximum Gasteiger partial charge on any atom is 0.227 e. The third kappa shape index (κ3) is 2.99. The molecule has 2 nitrogen and oxygen atoms in total. The molecule has 0 aromatic heterocycles. The minimum absolute atomic E-state index is 0.160. The number of rotatable bonds is 2. The van der Waals surface area contributed by atoms with E-state index < -0.39 is 0 Å². The fraction of sp³-hybridized carbons (Fsp3) is 0.632. The highest BCUT2D eigenvalue weighted by Gasteiger charge is 2.55. The van der Waals surface area contributed by atoms with Crippen LogP contribution in [0.5, 0.6) is 0 Å². The molecule has 5 heteroatoms. The van der Waals surface area contributed by atoms with Gasteiger partial charge >= 0.3 is 0 Å². The topological polar surface area (TPSA) is 29.1 Å². The van der Waals surface area contributed by atoms with E-state index in [0.717, 1.165) is 24.1 Å². The second-order valence-electron chi connectivity index (χ2n) is 7.36. The van der Waals surface area contributed by atoms with Crippen LogP contribution in [-0.4, -0.2) is 21.5 Å². The summed E-state index contributed by atoms with van der Waals surface area (Å²) in [4.78, 5) is 12.8. The summed E-state index contributed by atoms with van der Waals surface area (Å²) in [6, 6.07) is 5.78. The van der Waals surface area contributed by atoms with Crippen molar-refractivity contribution in [2.24, 2.45) is 17.8 Å². The normalized spacial score (nSPS) is 31.2. The van der Waals surface area contributed by atoms with Gasteiger partial charge in [0.2, 0.25) is 5.91 Å². The van der Waals surface area contributed by atoms with E-state index in [-0.39, 0.29) is 11.8 Å². The van der Waals surface area contributed by atoms with E-state index in [9.17, 15) is 4.79 Å². The quantitative estimate of drug-likeness (QED) is 0.723. The number of thioether (sulfide) groups is 2. The minimum atomic E-state index is 0.160. The molecule has 4 rings (SSSR count). The Labute approximate surface area is 157 Å². The molecule has 130 valence electrons. The number of aryl methyl sites for hydroxylation is 1. The Hall–Kier alpha value is -0.320. The van der Waals surface area contributed by atoms with Gasteiger partial charge in [0.05, 0.1) is 4.08 Å². The van der Waals surface area contributed by atoms with Gasteiger partial charge in [-0.3, -0.25) is 4.79 Å². The van der Waals surface area contributed by atoms with E-state index in [1.165, 1.54) is 30.8 Å². The second kappa shape index (κ2) is 6.77. The molecular formula is C19H24ClNOS2. The van der Waals surface area contributed by atoms with E-state index in [1.807, 2.05) is 25.1 Å². The Morgan fingerprint density at radius 1 is 1.21 bits per heavy atom. The van der Waals surface area contributed by atoms with Gasteiger partial charge in [0.15, 0.2) is 0 Å². The number of carbonyl (C=O) groups is 1. The average Bonchev–Trinajstić information content (AvgIpc) is 3.00. The molecule has 1 amide bonds. The number of halogens is 1. The van der Waals surface area contributed by atoms with Crippen LogP contribution < -0.4 is 5.32 Å². The summed E-state index contributed by atoms with van der Waals surface area (Å²) in [7, 11) is 0. The van der Waals surface area contributed by atoms with Crippen molar-refractivity contribution in [1.82, 2.24) is 0 Å². The molecule has 24 heavy (non-hydrogen) atoms. The van der Waals surface area contributed by atoms with Crippen molar-refractivity contribution in [2.75, 3.05) is 16.8 Å². The molecule has 1 N–H and O–H groups in total. The number of nitrogens with one attached hydrogen (secondary N) is 1. The molecule has 1 saturated heterocycles.